The maximum absolute atomic E-state index is 13.9. The summed E-state index contributed by atoms with van der Waals surface area (Å²) in [7, 11) is 0. The van der Waals surface area contributed by atoms with Gasteiger partial charge < -0.3 is 9.73 Å². The fraction of sp³-hybridized carbons (Fsp3) is 0.333. The van der Waals surface area contributed by atoms with E-state index >= 15 is 0 Å². The van der Waals surface area contributed by atoms with Crippen molar-refractivity contribution in [1.29, 1.82) is 0 Å². The monoisotopic (exact) mass is 247 g/mol. The lowest BCUT2D eigenvalue weighted by Crippen LogP contribution is -2.23. The summed E-state index contributed by atoms with van der Waals surface area (Å²) in [5.41, 5.74) is 2.86. The molecule has 0 saturated heterocycles. The second-order valence-electron chi connectivity index (χ2n) is 4.47. The molecule has 2 aromatic rings. The number of nitrogens with one attached hydrogen (secondary N) is 1. The molecule has 0 radical (unpaired) electrons. The highest BCUT2D eigenvalue weighted by atomic mass is 19.1. The quantitative estimate of drug-likeness (QED) is 0.873. The van der Waals surface area contributed by atoms with Gasteiger partial charge in [0.05, 0.1) is 12.5 Å². The maximum Gasteiger partial charge on any atom is 0.128 e. The van der Waals surface area contributed by atoms with Gasteiger partial charge in [-0.25, -0.2) is 4.39 Å². The molecule has 0 saturated carbocycles. The van der Waals surface area contributed by atoms with Gasteiger partial charge in [0.1, 0.15) is 5.82 Å². The van der Waals surface area contributed by atoms with Gasteiger partial charge in [0, 0.05) is 11.6 Å². The SMILES string of the molecule is CCNC(Cc1ccoc1)c1cc(C)ccc1F. The lowest BCUT2D eigenvalue weighted by molar-refractivity contribution is 0.504. The zero-order valence-electron chi connectivity index (χ0n) is 10.7. The molecule has 0 aliphatic rings. The molecule has 1 aromatic carbocycles. The smallest absolute Gasteiger partial charge is 0.128 e. The van der Waals surface area contributed by atoms with Crippen molar-refractivity contribution in [2.45, 2.75) is 26.3 Å². The first-order valence-electron chi connectivity index (χ1n) is 6.21. The summed E-state index contributed by atoms with van der Waals surface area (Å²) in [4.78, 5) is 0. The standard InChI is InChI=1S/C15H18FNO/c1-3-17-15(9-12-6-7-18-10-12)13-8-11(2)4-5-14(13)16/h4-8,10,15,17H,3,9H2,1-2H3. The van der Waals surface area contributed by atoms with E-state index in [4.69, 9.17) is 4.42 Å². The van der Waals surface area contributed by atoms with E-state index in [1.54, 1.807) is 18.6 Å². The lowest BCUT2D eigenvalue weighted by Gasteiger charge is -2.18. The van der Waals surface area contributed by atoms with E-state index in [1.165, 1.54) is 6.07 Å². The van der Waals surface area contributed by atoms with Crippen LogP contribution in [0.4, 0.5) is 4.39 Å². The molecule has 96 valence electrons. The third-order valence-corrected chi connectivity index (χ3v) is 3.00. The van der Waals surface area contributed by atoms with E-state index in [9.17, 15) is 4.39 Å². The zero-order chi connectivity index (χ0) is 13.0. The Morgan fingerprint density at radius 1 is 1.33 bits per heavy atom. The van der Waals surface area contributed by atoms with Crippen LogP contribution < -0.4 is 5.32 Å². The van der Waals surface area contributed by atoms with Gasteiger partial charge in [-0.3, -0.25) is 0 Å². The van der Waals surface area contributed by atoms with Gasteiger partial charge in [-0.2, -0.15) is 0 Å². The highest BCUT2D eigenvalue weighted by molar-refractivity contribution is 5.28. The van der Waals surface area contributed by atoms with Crippen LogP contribution in [0, 0.1) is 12.7 Å². The molecule has 1 unspecified atom stereocenters. The number of halogens is 1. The number of likely N-dealkylation sites (N-methyl/N-ethyl adjacent to an activating group) is 1. The number of aryl methyl sites for hydroxylation is 1. The van der Waals surface area contributed by atoms with Crippen LogP contribution in [0.2, 0.25) is 0 Å². The molecule has 2 rings (SSSR count). The van der Waals surface area contributed by atoms with Gasteiger partial charge in [-0.1, -0.05) is 24.6 Å². The average molecular weight is 247 g/mol. The predicted molar refractivity (Wildman–Crippen MR) is 70.0 cm³/mol. The first-order chi connectivity index (χ1) is 8.70. The van der Waals surface area contributed by atoms with Crippen LogP contribution in [-0.4, -0.2) is 6.54 Å². The molecule has 0 bridgehead atoms. The van der Waals surface area contributed by atoms with Crippen molar-refractivity contribution >= 4 is 0 Å². The molecule has 0 amide bonds. The zero-order valence-corrected chi connectivity index (χ0v) is 10.7. The second-order valence-corrected chi connectivity index (χ2v) is 4.47. The summed E-state index contributed by atoms with van der Waals surface area (Å²) in [6.45, 7) is 4.80. The van der Waals surface area contributed by atoms with Crippen molar-refractivity contribution in [2.24, 2.45) is 0 Å². The van der Waals surface area contributed by atoms with Crippen molar-refractivity contribution < 1.29 is 8.81 Å². The lowest BCUT2D eigenvalue weighted by atomic mass is 9.98. The minimum absolute atomic E-state index is 0.0208. The summed E-state index contributed by atoms with van der Waals surface area (Å²) >= 11 is 0. The molecule has 0 aliphatic heterocycles. The van der Waals surface area contributed by atoms with Crippen LogP contribution in [0.5, 0.6) is 0 Å². The highest BCUT2D eigenvalue weighted by Gasteiger charge is 2.16. The van der Waals surface area contributed by atoms with E-state index in [1.807, 2.05) is 26.0 Å². The van der Waals surface area contributed by atoms with Crippen LogP contribution in [0.1, 0.15) is 29.7 Å². The van der Waals surface area contributed by atoms with Crippen LogP contribution in [-0.2, 0) is 6.42 Å². The molecule has 0 fully saturated rings. The van der Waals surface area contributed by atoms with Crippen molar-refractivity contribution in [3.8, 4) is 0 Å². The Hall–Kier alpha value is -1.61. The summed E-state index contributed by atoms with van der Waals surface area (Å²) in [6.07, 6.45) is 4.08. The third kappa shape index (κ3) is 2.99. The average Bonchev–Trinajstić information content (AvgIpc) is 2.85. The summed E-state index contributed by atoms with van der Waals surface area (Å²) in [5, 5.41) is 3.32. The second kappa shape index (κ2) is 5.83. The van der Waals surface area contributed by atoms with Crippen LogP contribution in [0.15, 0.2) is 41.2 Å². The Bertz CT molecular complexity index is 493. The maximum atomic E-state index is 13.9. The van der Waals surface area contributed by atoms with Gasteiger partial charge in [0.25, 0.3) is 0 Å². The van der Waals surface area contributed by atoms with Crippen LogP contribution in [0.25, 0.3) is 0 Å². The number of rotatable bonds is 5. The van der Waals surface area contributed by atoms with Gasteiger partial charge in [-0.15, -0.1) is 0 Å². The molecular weight excluding hydrogens is 229 g/mol. The fourth-order valence-corrected chi connectivity index (χ4v) is 2.11. The van der Waals surface area contributed by atoms with E-state index in [-0.39, 0.29) is 11.9 Å². The Balaban J connectivity index is 2.26. The normalized spacial score (nSPS) is 12.6. The van der Waals surface area contributed by atoms with Gasteiger partial charge in [0.2, 0.25) is 0 Å². The molecule has 0 spiro atoms. The number of hydrogen-bond donors (Lipinski definition) is 1. The molecule has 3 heteroatoms. The molecular formula is C15H18FNO. The molecule has 1 heterocycles. The summed E-state index contributed by atoms with van der Waals surface area (Å²) in [6, 6.07) is 7.12. The summed E-state index contributed by atoms with van der Waals surface area (Å²) in [5.74, 6) is -0.157. The number of benzene rings is 1. The number of furan rings is 1. The van der Waals surface area contributed by atoms with Crippen molar-refractivity contribution in [3.05, 3.63) is 59.3 Å². The van der Waals surface area contributed by atoms with Crippen molar-refractivity contribution in [1.82, 2.24) is 5.32 Å². The van der Waals surface area contributed by atoms with Crippen LogP contribution >= 0.6 is 0 Å². The Morgan fingerprint density at radius 2 is 2.17 bits per heavy atom. The van der Waals surface area contributed by atoms with Crippen LogP contribution in [0.3, 0.4) is 0 Å². The molecule has 1 N–H and O–H groups in total. The first-order valence-corrected chi connectivity index (χ1v) is 6.21. The minimum atomic E-state index is -0.157. The topological polar surface area (TPSA) is 25.2 Å². The predicted octanol–water partition coefficient (Wildman–Crippen LogP) is 3.62. The van der Waals surface area contributed by atoms with Crippen molar-refractivity contribution in [2.75, 3.05) is 6.54 Å². The van der Waals surface area contributed by atoms with E-state index in [2.05, 4.69) is 5.32 Å². The Labute approximate surface area is 107 Å². The van der Waals surface area contributed by atoms with Gasteiger partial charge in [-0.05, 0) is 37.6 Å². The first kappa shape index (κ1) is 12.8. The fourth-order valence-electron chi connectivity index (χ4n) is 2.11. The van der Waals surface area contributed by atoms with Gasteiger partial charge in [0.15, 0.2) is 0 Å². The molecule has 1 atom stereocenters. The van der Waals surface area contributed by atoms with E-state index in [0.717, 1.165) is 29.7 Å². The largest absolute Gasteiger partial charge is 0.472 e. The third-order valence-electron chi connectivity index (χ3n) is 3.00. The van der Waals surface area contributed by atoms with Gasteiger partial charge >= 0.3 is 0 Å². The van der Waals surface area contributed by atoms with Crippen molar-refractivity contribution in [3.63, 3.8) is 0 Å². The van der Waals surface area contributed by atoms with E-state index < -0.39 is 0 Å². The summed E-state index contributed by atoms with van der Waals surface area (Å²) < 4.78 is 19.0. The number of hydrogen-bond acceptors (Lipinski definition) is 2. The molecule has 2 nitrogen and oxygen atoms in total. The molecule has 18 heavy (non-hydrogen) atoms. The van der Waals surface area contributed by atoms with E-state index in [0.29, 0.717) is 0 Å². The molecule has 1 aromatic heterocycles. The minimum Gasteiger partial charge on any atom is -0.472 e. The highest BCUT2D eigenvalue weighted by Crippen LogP contribution is 2.22. The Kier molecular flexibility index (Phi) is 4.15. The molecule has 0 aliphatic carbocycles. The Morgan fingerprint density at radius 3 is 2.83 bits per heavy atom.